The Morgan fingerprint density at radius 3 is 2.42 bits per heavy atom. The van der Waals surface area contributed by atoms with Gasteiger partial charge in [0.2, 0.25) is 11.8 Å². The number of benzene rings is 2. The van der Waals surface area contributed by atoms with Crippen LogP contribution in [0.25, 0.3) is 11.3 Å². The van der Waals surface area contributed by atoms with Crippen LogP contribution in [-0.4, -0.2) is 48.1 Å². The van der Waals surface area contributed by atoms with Gasteiger partial charge in [-0.05, 0) is 84.6 Å². The third-order valence-corrected chi connectivity index (χ3v) is 12.8. The van der Waals surface area contributed by atoms with Crippen molar-refractivity contribution in [1.29, 1.82) is 0 Å². The highest BCUT2D eigenvalue weighted by Gasteiger charge is 2.33. The summed E-state index contributed by atoms with van der Waals surface area (Å²) in [5.41, 5.74) is 7.09. The Hall–Kier alpha value is -4.05. The van der Waals surface area contributed by atoms with Gasteiger partial charge in [-0.25, -0.2) is 28.1 Å². The van der Waals surface area contributed by atoms with Crippen molar-refractivity contribution in [3.05, 3.63) is 82.9 Å². The van der Waals surface area contributed by atoms with Crippen LogP contribution in [0, 0.1) is 36.5 Å². The van der Waals surface area contributed by atoms with Gasteiger partial charge in [0.05, 0.1) is 35.3 Å². The molecular weight excluding hydrogens is 681 g/mol. The van der Waals surface area contributed by atoms with Crippen molar-refractivity contribution in [3.8, 4) is 17.1 Å². The molecule has 2 fully saturated rings. The molecule has 282 valence electrons. The average molecular weight is 737 g/mol. The van der Waals surface area contributed by atoms with Crippen LogP contribution in [0.3, 0.4) is 0 Å². The standard InChI is InChI=1S/C43H56N6O3S/c1-28-12-10-16-32(20-30-13-8-9-14-30)38(28)39-29(2)40-47-41(46-39)48-53(50,51)35-17-11-15-31(21-35)36(33(26-52-40)23-42(3,4)5)22-37-44-24-34(25-45-37)49-19-18-43(6,7)27-49/h10-12,15-17,21,24-25,30,33,36H,8-9,13-14,18-20,22-23,26-27H2,1-7H3,(H,46,47,48)/t33-,36?/m1/s1. The summed E-state index contributed by atoms with van der Waals surface area (Å²) < 4.78 is 37.7. The molecule has 2 aromatic carbocycles. The molecule has 0 spiro atoms. The van der Waals surface area contributed by atoms with Gasteiger partial charge in [0.15, 0.2) is 0 Å². The predicted octanol–water partition coefficient (Wildman–Crippen LogP) is 9.09. The maximum absolute atomic E-state index is 14.1. The lowest BCUT2D eigenvalue weighted by Crippen LogP contribution is -2.28. The number of fused-ring (bicyclic) bond motifs is 4. The molecular formula is C43H56N6O3S. The molecule has 2 aliphatic heterocycles. The number of hydrogen-bond donors (Lipinski definition) is 1. The van der Waals surface area contributed by atoms with Gasteiger partial charge in [0, 0.05) is 36.6 Å². The SMILES string of the molecule is Cc1cccc(CC2CCCC2)c1-c1nc2nc(c1C)OC[C@@H](CC(C)(C)C)C(Cc1ncc(N3CCC(C)(C)C3)cn1)c1cccc(c1)S(=O)(=O)N2. The summed E-state index contributed by atoms with van der Waals surface area (Å²) in [6, 6.07) is 13.7. The van der Waals surface area contributed by atoms with Crippen molar-refractivity contribution in [2.24, 2.45) is 22.7 Å². The molecule has 53 heavy (non-hydrogen) atoms. The van der Waals surface area contributed by atoms with E-state index in [-0.39, 0.29) is 33.5 Å². The molecule has 4 aromatic rings. The number of ether oxygens (including phenoxy) is 1. The summed E-state index contributed by atoms with van der Waals surface area (Å²) in [5.74, 6) is 1.67. The normalized spacial score (nSPS) is 21.4. The summed E-state index contributed by atoms with van der Waals surface area (Å²) in [6.07, 6.45) is 12.4. The van der Waals surface area contributed by atoms with E-state index in [1.807, 2.05) is 31.5 Å². The van der Waals surface area contributed by atoms with E-state index in [4.69, 9.17) is 24.7 Å². The Morgan fingerprint density at radius 1 is 0.981 bits per heavy atom. The van der Waals surface area contributed by atoms with Gasteiger partial charge in [0.1, 0.15) is 5.82 Å². The summed E-state index contributed by atoms with van der Waals surface area (Å²) in [7, 11) is -4.04. The molecule has 1 aliphatic carbocycles. The molecule has 0 radical (unpaired) electrons. The Balaban J connectivity index is 1.29. The first-order chi connectivity index (χ1) is 25.1. The zero-order valence-electron chi connectivity index (χ0n) is 32.6. The number of anilines is 2. The van der Waals surface area contributed by atoms with Gasteiger partial charge in [-0.3, -0.25) is 0 Å². The van der Waals surface area contributed by atoms with Crippen LogP contribution in [-0.2, 0) is 22.9 Å². The molecule has 1 N–H and O–H groups in total. The fourth-order valence-electron chi connectivity index (χ4n) is 8.77. The molecule has 2 aromatic heterocycles. The van der Waals surface area contributed by atoms with Crippen molar-refractivity contribution in [3.63, 3.8) is 0 Å². The predicted molar refractivity (Wildman–Crippen MR) is 212 cm³/mol. The zero-order valence-corrected chi connectivity index (χ0v) is 33.4. The molecule has 1 saturated carbocycles. The quantitative estimate of drug-likeness (QED) is 0.200. The average Bonchev–Trinajstić information content (AvgIpc) is 3.75. The summed E-state index contributed by atoms with van der Waals surface area (Å²) in [4.78, 5) is 22.0. The fraction of sp³-hybridized carbons (Fsp3) is 0.535. The van der Waals surface area contributed by atoms with Crippen LogP contribution in [0.2, 0.25) is 0 Å². The van der Waals surface area contributed by atoms with E-state index in [1.54, 1.807) is 12.1 Å². The van der Waals surface area contributed by atoms with Gasteiger partial charge in [0.25, 0.3) is 10.0 Å². The number of nitrogens with zero attached hydrogens (tertiary/aromatic N) is 5. The molecule has 7 rings (SSSR count). The number of sulfonamides is 1. The molecule has 1 saturated heterocycles. The molecule has 0 amide bonds. The van der Waals surface area contributed by atoms with Gasteiger partial charge < -0.3 is 9.64 Å². The lowest BCUT2D eigenvalue weighted by Gasteiger charge is -2.33. The van der Waals surface area contributed by atoms with E-state index in [2.05, 4.69) is 69.4 Å². The molecule has 9 nitrogen and oxygen atoms in total. The van der Waals surface area contributed by atoms with E-state index in [9.17, 15) is 8.42 Å². The van der Waals surface area contributed by atoms with E-state index in [0.29, 0.717) is 30.5 Å². The number of nitrogens with one attached hydrogen (secondary N) is 1. The minimum Gasteiger partial charge on any atom is -0.477 e. The van der Waals surface area contributed by atoms with Crippen molar-refractivity contribution in [2.75, 3.05) is 29.3 Å². The van der Waals surface area contributed by atoms with Crippen LogP contribution in [0.15, 0.2) is 59.8 Å². The molecule has 3 aliphatic rings. The van der Waals surface area contributed by atoms with E-state index >= 15 is 0 Å². The molecule has 10 heteroatoms. The Labute approximate surface area is 316 Å². The lowest BCUT2D eigenvalue weighted by atomic mass is 9.75. The summed E-state index contributed by atoms with van der Waals surface area (Å²) >= 11 is 0. The zero-order chi connectivity index (χ0) is 37.5. The highest BCUT2D eigenvalue weighted by molar-refractivity contribution is 7.92. The second kappa shape index (κ2) is 14.6. The molecule has 4 bridgehead atoms. The second-order valence-corrected chi connectivity index (χ2v) is 19.5. The molecule has 1 unspecified atom stereocenters. The first kappa shape index (κ1) is 37.3. The minimum absolute atomic E-state index is 0.000604. The van der Waals surface area contributed by atoms with Crippen molar-refractivity contribution in [2.45, 2.75) is 111 Å². The van der Waals surface area contributed by atoms with Crippen LogP contribution >= 0.6 is 0 Å². The first-order valence-corrected chi connectivity index (χ1v) is 20.9. The third kappa shape index (κ3) is 8.53. The van der Waals surface area contributed by atoms with Gasteiger partial charge in [-0.2, -0.15) is 4.98 Å². The largest absolute Gasteiger partial charge is 0.477 e. The number of aromatic nitrogens is 4. The van der Waals surface area contributed by atoms with Crippen molar-refractivity contribution < 1.29 is 13.2 Å². The first-order valence-electron chi connectivity index (χ1n) is 19.4. The maximum Gasteiger partial charge on any atom is 0.264 e. The number of rotatable bonds is 7. The number of hydrogen-bond acceptors (Lipinski definition) is 8. The lowest BCUT2D eigenvalue weighted by molar-refractivity contribution is 0.165. The summed E-state index contributed by atoms with van der Waals surface area (Å²) in [6.45, 7) is 17.8. The van der Waals surface area contributed by atoms with Gasteiger partial charge >= 0.3 is 0 Å². The highest BCUT2D eigenvalue weighted by atomic mass is 32.2. The van der Waals surface area contributed by atoms with Gasteiger partial charge in [-0.15, -0.1) is 0 Å². The smallest absolute Gasteiger partial charge is 0.264 e. The fourth-order valence-corrected chi connectivity index (χ4v) is 9.77. The van der Waals surface area contributed by atoms with Crippen LogP contribution in [0.1, 0.15) is 107 Å². The number of aryl methyl sites for hydroxylation is 1. The highest BCUT2D eigenvalue weighted by Crippen LogP contribution is 2.41. The van der Waals surface area contributed by atoms with Gasteiger partial charge in [-0.1, -0.05) is 90.6 Å². The van der Waals surface area contributed by atoms with Crippen molar-refractivity contribution >= 4 is 21.7 Å². The topological polar surface area (TPSA) is 110 Å². The molecule has 4 heterocycles. The molecule has 2 atom stereocenters. The monoisotopic (exact) mass is 736 g/mol. The van der Waals surface area contributed by atoms with Crippen LogP contribution in [0.4, 0.5) is 11.6 Å². The van der Waals surface area contributed by atoms with E-state index < -0.39 is 10.0 Å². The van der Waals surface area contributed by atoms with E-state index in [0.717, 1.165) is 66.1 Å². The van der Waals surface area contributed by atoms with Crippen LogP contribution < -0.4 is 14.4 Å². The van der Waals surface area contributed by atoms with E-state index in [1.165, 1.54) is 31.2 Å². The Morgan fingerprint density at radius 2 is 1.72 bits per heavy atom. The maximum atomic E-state index is 14.1. The Kier molecular flexibility index (Phi) is 10.3. The minimum atomic E-state index is -4.04. The third-order valence-electron chi connectivity index (χ3n) is 11.5. The Bertz CT molecular complexity index is 2050. The van der Waals surface area contributed by atoms with Crippen LogP contribution in [0.5, 0.6) is 5.88 Å². The second-order valence-electron chi connectivity index (χ2n) is 17.8. The van der Waals surface area contributed by atoms with Crippen molar-refractivity contribution in [1.82, 2.24) is 19.9 Å². The summed E-state index contributed by atoms with van der Waals surface area (Å²) in [5, 5.41) is 0.